The molecule has 0 spiro atoms. The SMILES string of the molecule is COc1ncc(F)cc1Cn1cnc(C(F)(F)F)c(F)c1=O. The van der Waals surface area contributed by atoms with Crippen LogP contribution in [0.4, 0.5) is 22.0 Å². The molecule has 0 bridgehead atoms. The number of methoxy groups -OCH3 is 1. The number of nitrogens with zero attached hydrogens (tertiary/aromatic N) is 3. The van der Waals surface area contributed by atoms with Crippen LogP contribution in [0.5, 0.6) is 5.88 Å². The fourth-order valence-electron chi connectivity index (χ4n) is 1.72. The van der Waals surface area contributed by atoms with Gasteiger partial charge in [-0.1, -0.05) is 0 Å². The van der Waals surface area contributed by atoms with Crippen LogP contribution < -0.4 is 10.3 Å². The number of alkyl halides is 3. The molecular weight excluding hydrogens is 313 g/mol. The first-order valence-electron chi connectivity index (χ1n) is 5.74. The molecule has 0 N–H and O–H groups in total. The number of pyridine rings is 1. The molecule has 0 fully saturated rings. The number of aromatic nitrogens is 3. The van der Waals surface area contributed by atoms with Gasteiger partial charge in [0.05, 0.1) is 26.2 Å². The van der Waals surface area contributed by atoms with Gasteiger partial charge >= 0.3 is 6.18 Å². The number of rotatable bonds is 3. The maximum Gasteiger partial charge on any atom is 0.436 e. The third kappa shape index (κ3) is 3.05. The van der Waals surface area contributed by atoms with E-state index in [-0.39, 0.29) is 11.4 Å². The molecule has 10 heteroatoms. The topological polar surface area (TPSA) is 57.0 Å². The molecule has 118 valence electrons. The van der Waals surface area contributed by atoms with Gasteiger partial charge in [-0.15, -0.1) is 0 Å². The van der Waals surface area contributed by atoms with Gasteiger partial charge in [0, 0.05) is 5.56 Å². The molecule has 5 nitrogen and oxygen atoms in total. The Morgan fingerprint density at radius 2 is 1.95 bits per heavy atom. The molecule has 22 heavy (non-hydrogen) atoms. The lowest BCUT2D eigenvalue weighted by Crippen LogP contribution is -2.29. The number of ether oxygens (including phenoxy) is 1. The summed E-state index contributed by atoms with van der Waals surface area (Å²) in [7, 11) is 1.23. The van der Waals surface area contributed by atoms with Gasteiger partial charge in [0.1, 0.15) is 5.82 Å². The van der Waals surface area contributed by atoms with Gasteiger partial charge < -0.3 is 4.74 Å². The van der Waals surface area contributed by atoms with E-state index in [9.17, 15) is 26.7 Å². The van der Waals surface area contributed by atoms with Gasteiger partial charge in [-0.2, -0.15) is 17.6 Å². The second kappa shape index (κ2) is 5.70. The molecule has 0 saturated carbocycles. The van der Waals surface area contributed by atoms with Crippen LogP contribution in [0.2, 0.25) is 0 Å². The van der Waals surface area contributed by atoms with E-state index in [4.69, 9.17) is 4.74 Å². The first kappa shape index (κ1) is 15.9. The van der Waals surface area contributed by atoms with Gasteiger partial charge in [0.25, 0.3) is 5.56 Å². The van der Waals surface area contributed by atoms with Crippen molar-refractivity contribution in [2.45, 2.75) is 12.7 Å². The minimum atomic E-state index is -5.08. The Morgan fingerprint density at radius 1 is 1.27 bits per heavy atom. The second-order valence-corrected chi connectivity index (χ2v) is 4.16. The van der Waals surface area contributed by atoms with Crippen molar-refractivity contribution in [3.63, 3.8) is 0 Å². The minimum absolute atomic E-state index is 0.0468. The molecule has 0 atom stereocenters. The van der Waals surface area contributed by atoms with E-state index in [1.165, 1.54) is 7.11 Å². The zero-order chi connectivity index (χ0) is 16.5. The molecular formula is C12H8F5N3O2. The third-order valence-electron chi connectivity index (χ3n) is 2.68. The van der Waals surface area contributed by atoms with Crippen LogP contribution in [0, 0.1) is 11.6 Å². The quantitative estimate of drug-likeness (QED) is 0.811. The molecule has 0 unspecified atom stereocenters. The summed E-state index contributed by atoms with van der Waals surface area (Å²) in [4.78, 5) is 18.1. The van der Waals surface area contributed by atoms with Crippen molar-refractivity contribution in [3.05, 3.63) is 51.8 Å². The predicted octanol–water partition coefficient (Wildman–Crippen LogP) is 1.99. The molecule has 0 saturated heterocycles. The van der Waals surface area contributed by atoms with Crippen molar-refractivity contribution in [2.75, 3.05) is 7.11 Å². The van der Waals surface area contributed by atoms with E-state index in [0.29, 0.717) is 10.9 Å². The maximum atomic E-state index is 13.5. The fourth-order valence-corrected chi connectivity index (χ4v) is 1.72. The Balaban J connectivity index is 2.46. The Kier molecular flexibility index (Phi) is 4.11. The van der Waals surface area contributed by atoms with Crippen molar-refractivity contribution < 1.29 is 26.7 Å². The number of halogens is 5. The average Bonchev–Trinajstić information content (AvgIpc) is 2.43. The summed E-state index contributed by atoms with van der Waals surface area (Å²) in [5, 5.41) is 0. The summed E-state index contributed by atoms with van der Waals surface area (Å²) in [5.74, 6) is -2.82. The average molecular weight is 321 g/mol. The smallest absolute Gasteiger partial charge is 0.436 e. The first-order chi connectivity index (χ1) is 10.2. The molecule has 0 radical (unpaired) electrons. The van der Waals surface area contributed by atoms with Crippen LogP contribution in [-0.2, 0) is 12.7 Å². The molecule has 2 aromatic heterocycles. The monoisotopic (exact) mass is 321 g/mol. The fraction of sp³-hybridized carbons (Fsp3) is 0.250. The lowest BCUT2D eigenvalue weighted by Gasteiger charge is -2.11. The van der Waals surface area contributed by atoms with Crippen molar-refractivity contribution in [3.8, 4) is 5.88 Å². The molecule has 0 aliphatic heterocycles. The van der Waals surface area contributed by atoms with Gasteiger partial charge in [-0.05, 0) is 6.07 Å². The zero-order valence-electron chi connectivity index (χ0n) is 11.0. The summed E-state index contributed by atoms with van der Waals surface area (Å²) in [6, 6.07) is 0.966. The first-order valence-corrected chi connectivity index (χ1v) is 5.74. The maximum absolute atomic E-state index is 13.5. The van der Waals surface area contributed by atoms with Crippen molar-refractivity contribution in [2.24, 2.45) is 0 Å². The highest BCUT2D eigenvalue weighted by Gasteiger charge is 2.37. The standard InChI is InChI=1S/C12H8F5N3O2/c1-22-10-6(2-7(13)3-18-10)4-20-5-19-9(12(15,16)17)8(14)11(20)21/h2-3,5H,4H2,1H3. The molecule has 2 aromatic rings. The molecule has 0 aliphatic rings. The largest absolute Gasteiger partial charge is 0.481 e. The Hall–Kier alpha value is -2.52. The van der Waals surface area contributed by atoms with Crippen molar-refractivity contribution in [1.29, 1.82) is 0 Å². The van der Waals surface area contributed by atoms with Crippen molar-refractivity contribution >= 4 is 0 Å². The van der Waals surface area contributed by atoms with Crippen LogP contribution in [-0.4, -0.2) is 21.6 Å². The zero-order valence-corrected chi connectivity index (χ0v) is 11.0. The van der Waals surface area contributed by atoms with E-state index in [0.717, 1.165) is 12.3 Å². The third-order valence-corrected chi connectivity index (χ3v) is 2.68. The number of hydrogen-bond donors (Lipinski definition) is 0. The van der Waals surface area contributed by atoms with Crippen LogP contribution in [0.3, 0.4) is 0 Å². The Labute approximate surface area is 120 Å². The molecule has 0 aliphatic carbocycles. The predicted molar refractivity (Wildman–Crippen MR) is 63.3 cm³/mol. The van der Waals surface area contributed by atoms with E-state index in [1.54, 1.807) is 0 Å². The second-order valence-electron chi connectivity index (χ2n) is 4.16. The van der Waals surface area contributed by atoms with Crippen molar-refractivity contribution in [1.82, 2.24) is 14.5 Å². The summed E-state index contributed by atoms with van der Waals surface area (Å²) >= 11 is 0. The molecule has 0 amide bonds. The molecule has 0 aromatic carbocycles. The summed E-state index contributed by atoms with van der Waals surface area (Å²) < 4.78 is 69.3. The van der Waals surface area contributed by atoms with E-state index >= 15 is 0 Å². The highest BCUT2D eigenvalue weighted by atomic mass is 19.4. The van der Waals surface area contributed by atoms with E-state index < -0.39 is 35.6 Å². The Bertz CT molecular complexity index is 757. The highest BCUT2D eigenvalue weighted by molar-refractivity contribution is 5.26. The summed E-state index contributed by atoms with van der Waals surface area (Å²) in [5.41, 5.74) is -3.39. The lowest BCUT2D eigenvalue weighted by molar-refractivity contribution is -0.144. The Morgan fingerprint density at radius 3 is 2.55 bits per heavy atom. The van der Waals surface area contributed by atoms with Crippen LogP contribution in [0.15, 0.2) is 23.4 Å². The normalized spacial score (nSPS) is 11.5. The highest BCUT2D eigenvalue weighted by Crippen LogP contribution is 2.28. The number of hydrogen-bond acceptors (Lipinski definition) is 4. The summed E-state index contributed by atoms with van der Waals surface area (Å²) in [6.07, 6.45) is -3.70. The van der Waals surface area contributed by atoms with E-state index in [1.807, 2.05) is 0 Å². The van der Waals surface area contributed by atoms with Crippen LogP contribution >= 0.6 is 0 Å². The van der Waals surface area contributed by atoms with E-state index in [2.05, 4.69) is 9.97 Å². The summed E-state index contributed by atoms with van der Waals surface area (Å²) in [6.45, 7) is -0.450. The lowest BCUT2D eigenvalue weighted by atomic mass is 10.2. The molecule has 2 heterocycles. The van der Waals surface area contributed by atoms with Gasteiger partial charge in [-0.25, -0.2) is 14.4 Å². The minimum Gasteiger partial charge on any atom is -0.481 e. The van der Waals surface area contributed by atoms with Crippen LogP contribution in [0.1, 0.15) is 11.3 Å². The van der Waals surface area contributed by atoms with Gasteiger partial charge in [0.15, 0.2) is 5.69 Å². The molecule has 2 rings (SSSR count). The van der Waals surface area contributed by atoms with Crippen LogP contribution in [0.25, 0.3) is 0 Å². The van der Waals surface area contributed by atoms with Gasteiger partial charge in [-0.3, -0.25) is 9.36 Å². The van der Waals surface area contributed by atoms with Gasteiger partial charge in [0.2, 0.25) is 11.7 Å².